The number of piperidine rings is 1. The number of hydrogen-bond acceptors (Lipinski definition) is 2. The Morgan fingerprint density at radius 3 is 2.29 bits per heavy atom. The van der Waals surface area contributed by atoms with Crippen LogP contribution in [0.25, 0.3) is 0 Å². The summed E-state index contributed by atoms with van der Waals surface area (Å²) in [6.45, 7) is 11.5. The molecular weight excluding hydrogens is 236 g/mol. The average molecular weight is 263 g/mol. The highest BCUT2D eigenvalue weighted by atomic mass is 35.5. The first-order valence-corrected chi connectivity index (χ1v) is 6.28. The minimum absolute atomic E-state index is 0. The Morgan fingerprint density at radius 1 is 1.29 bits per heavy atom. The number of carbonyl (C=O) groups excluding carboxylic acids is 1. The van der Waals surface area contributed by atoms with Crippen molar-refractivity contribution in [2.45, 2.75) is 47.0 Å². The van der Waals surface area contributed by atoms with Gasteiger partial charge in [-0.1, -0.05) is 27.7 Å². The second kappa shape index (κ2) is 6.60. The summed E-state index contributed by atoms with van der Waals surface area (Å²) < 4.78 is 0. The number of carbonyl (C=O) groups is 1. The number of nitrogens with one attached hydrogen (secondary N) is 2. The molecule has 1 aliphatic heterocycles. The first-order valence-electron chi connectivity index (χ1n) is 6.28. The first kappa shape index (κ1) is 16.7. The highest BCUT2D eigenvalue weighted by Crippen LogP contribution is 2.27. The first-order chi connectivity index (χ1) is 7.31. The second-order valence-electron chi connectivity index (χ2n) is 6.57. The van der Waals surface area contributed by atoms with E-state index in [1.54, 1.807) is 0 Å². The predicted molar refractivity (Wildman–Crippen MR) is 74.5 cm³/mol. The molecule has 0 spiro atoms. The van der Waals surface area contributed by atoms with Crippen molar-refractivity contribution in [3.63, 3.8) is 0 Å². The Kier molecular flexibility index (Phi) is 6.49. The van der Waals surface area contributed by atoms with Crippen molar-refractivity contribution in [1.82, 2.24) is 10.6 Å². The van der Waals surface area contributed by atoms with Gasteiger partial charge in [0.1, 0.15) is 0 Å². The lowest BCUT2D eigenvalue weighted by Gasteiger charge is -2.34. The molecule has 0 aliphatic carbocycles. The van der Waals surface area contributed by atoms with Crippen LogP contribution in [0.3, 0.4) is 0 Å². The molecule has 1 saturated heterocycles. The molecule has 0 atom stereocenters. The molecule has 0 radical (unpaired) electrons. The van der Waals surface area contributed by atoms with Gasteiger partial charge in [0.25, 0.3) is 0 Å². The van der Waals surface area contributed by atoms with E-state index in [0.29, 0.717) is 11.8 Å². The zero-order valence-corrected chi connectivity index (χ0v) is 12.4. The SMILES string of the molecule is CC(C)(C)CC(=O)NCC1(C)CCNCC1.Cl. The molecule has 17 heavy (non-hydrogen) atoms. The lowest BCUT2D eigenvalue weighted by Crippen LogP contribution is -2.43. The standard InChI is InChI=1S/C13H26N2O.ClH/c1-12(2,3)9-11(16)15-10-13(4)5-7-14-8-6-13;/h14H,5-10H2,1-4H3,(H,15,16);1H. The monoisotopic (exact) mass is 262 g/mol. The van der Waals surface area contributed by atoms with E-state index in [2.05, 4.69) is 38.3 Å². The van der Waals surface area contributed by atoms with Crippen molar-refractivity contribution < 1.29 is 4.79 Å². The molecule has 1 amide bonds. The van der Waals surface area contributed by atoms with Crippen LogP contribution in [0.4, 0.5) is 0 Å². The van der Waals surface area contributed by atoms with E-state index in [-0.39, 0.29) is 23.7 Å². The molecule has 0 bridgehead atoms. The van der Waals surface area contributed by atoms with Gasteiger partial charge in [0.2, 0.25) is 5.91 Å². The van der Waals surface area contributed by atoms with Crippen LogP contribution in [-0.2, 0) is 4.79 Å². The van der Waals surface area contributed by atoms with Crippen LogP contribution in [0, 0.1) is 10.8 Å². The van der Waals surface area contributed by atoms with Crippen LogP contribution >= 0.6 is 12.4 Å². The van der Waals surface area contributed by atoms with Crippen molar-refractivity contribution in [2.75, 3.05) is 19.6 Å². The molecular formula is C13H27ClN2O. The third-order valence-corrected chi connectivity index (χ3v) is 3.21. The van der Waals surface area contributed by atoms with E-state index in [0.717, 1.165) is 32.5 Å². The van der Waals surface area contributed by atoms with E-state index in [1.807, 2.05) is 0 Å². The van der Waals surface area contributed by atoms with Gasteiger partial charge >= 0.3 is 0 Å². The van der Waals surface area contributed by atoms with E-state index < -0.39 is 0 Å². The highest BCUT2D eigenvalue weighted by Gasteiger charge is 2.27. The molecule has 1 rings (SSSR count). The number of amides is 1. The lowest BCUT2D eigenvalue weighted by molar-refractivity contribution is -0.123. The van der Waals surface area contributed by atoms with Gasteiger partial charge in [0.05, 0.1) is 0 Å². The van der Waals surface area contributed by atoms with Gasteiger partial charge in [-0.25, -0.2) is 0 Å². The Morgan fingerprint density at radius 2 is 1.82 bits per heavy atom. The predicted octanol–water partition coefficient (Wildman–Crippen LogP) is 2.35. The number of hydrogen-bond donors (Lipinski definition) is 2. The van der Waals surface area contributed by atoms with Crippen molar-refractivity contribution in [2.24, 2.45) is 10.8 Å². The zero-order valence-electron chi connectivity index (χ0n) is 11.6. The molecule has 1 aliphatic rings. The third kappa shape index (κ3) is 6.89. The Hall–Kier alpha value is -0.280. The molecule has 0 unspecified atom stereocenters. The van der Waals surface area contributed by atoms with Crippen molar-refractivity contribution in [3.05, 3.63) is 0 Å². The maximum Gasteiger partial charge on any atom is 0.220 e. The fourth-order valence-corrected chi connectivity index (χ4v) is 2.06. The fraction of sp³-hybridized carbons (Fsp3) is 0.923. The van der Waals surface area contributed by atoms with E-state index in [4.69, 9.17) is 0 Å². The summed E-state index contributed by atoms with van der Waals surface area (Å²) in [5.41, 5.74) is 0.373. The van der Waals surface area contributed by atoms with E-state index >= 15 is 0 Å². The molecule has 3 nitrogen and oxygen atoms in total. The van der Waals surface area contributed by atoms with Crippen molar-refractivity contribution in [1.29, 1.82) is 0 Å². The molecule has 1 heterocycles. The Labute approximate surface area is 112 Å². The molecule has 0 saturated carbocycles. The summed E-state index contributed by atoms with van der Waals surface area (Å²) in [4.78, 5) is 11.7. The average Bonchev–Trinajstić information content (AvgIpc) is 2.14. The number of rotatable bonds is 3. The molecule has 2 N–H and O–H groups in total. The van der Waals surface area contributed by atoms with Gasteiger partial charge in [-0.3, -0.25) is 4.79 Å². The maximum atomic E-state index is 11.7. The van der Waals surface area contributed by atoms with Gasteiger partial charge in [0.15, 0.2) is 0 Å². The highest BCUT2D eigenvalue weighted by molar-refractivity contribution is 5.85. The number of halogens is 1. The maximum absolute atomic E-state index is 11.7. The summed E-state index contributed by atoms with van der Waals surface area (Å²) in [5.74, 6) is 0.187. The lowest BCUT2D eigenvalue weighted by atomic mass is 9.81. The van der Waals surface area contributed by atoms with Gasteiger partial charge in [-0.05, 0) is 36.8 Å². The van der Waals surface area contributed by atoms with Gasteiger partial charge in [-0.2, -0.15) is 0 Å². The topological polar surface area (TPSA) is 41.1 Å². The molecule has 0 aromatic heterocycles. The molecule has 102 valence electrons. The Bertz CT molecular complexity index is 242. The largest absolute Gasteiger partial charge is 0.356 e. The summed E-state index contributed by atoms with van der Waals surface area (Å²) in [6.07, 6.45) is 2.92. The fourth-order valence-electron chi connectivity index (χ4n) is 2.06. The minimum Gasteiger partial charge on any atom is -0.356 e. The van der Waals surface area contributed by atoms with Crippen LogP contribution < -0.4 is 10.6 Å². The van der Waals surface area contributed by atoms with E-state index in [9.17, 15) is 4.79 Å². The van der Waals surface area contributed by atoms with Crippen LogP contribution in [-0.4, -0.2) is 25.5 Å². The molecule has 1 fully saturated rings. The van der Waals surface area contributed by atoms with Gasteiger partial charge < -0.3 is 10.6 Å². The van der Waals surface area contributed by atoms with Crippen LogP contribution in [0.2, 0.25) is 0 Å². The van der Waals surface area contributed by atoms with E-state index in [1.165, 1.54) is 0 Å². The smallest absolute Gasteiger partial charge is 0.220 e. The molecule has 0 aromatic rings. The summed E-state index contributed by atoms with van der Waals surface area (Å²) in [6, 6.07) is 0. The Balaban J connectivity index is 0.00000256. The van der Waals surface area contributed by atoms with Gasteiger partial charge in [-0.15, -0.1) is 12.4 Å². The summed E-state index contributed by atoms with van der Waals surface area (Å²) in [7, 11) is 0. The zero-order chi connectivity index (χ0) is 12.2. The van der Waals surface area contributed by atoms with Crippen molar-refractivity contribution in [3.8, 4) is 0 Å². The summed E-state index contributed by atoms with van der Waals surface area (Å²) >= 11 is 0. The molecule has 4 heteroatoms. The molecule has 0 aromatic carbocycles. The summed E-state index contributed by atoms with van der Waals surface area (Å²) in [5, 5.41) is 6.44. The third-order valence-electron chi connectivity index (χ3n) is 3.21. The minimum atomic E-state index is 0. The van der Waals surface area contributed by atoms with Crippen LogP contribution in [0.5, 0.6) is 0 Å². The van der Waals surface area contributed by atoms with Crippen LogP contribution in [0.1, 0.15) is 47.0 Å². The normalized spacial score (nSPS) is 19.3. The quantitative estimate of drug-likeness (QED) is 0.820. The van der Waals surface area contributed by atoms with Crippen molar-refractivity contribution >= 4 is 18.3 Å². The second-order valence-corrected chi connectivity index (χ2v) is 6.57. The van der Waals surface area contributed by atoms with Gasteiger partial charge in [0, 0.05) is 13.0 Å². The van der Waals surface area contributed by atoms with Crippen LogP contribution in [0.15, 0.2) is 0 Å².